The Morgan fingerprint density at radius 1 is 0.923 bits per heavy atom. The van der Waals surface area contributed by atoms with Gasteiger partial charge in [0.2, 0.25) is 11.8 Å². The zero-order chi connectivity index (χ0) is 27.4. The summed E-state index contributed by atoms with van der Waals surface area (Å²) < 4.78 is 0. The van der Waals surface area contributed by atoms with Gasteiger partial charge < -0.3 is 14.8 Å². The molecule has 1 fully saturated rings. The number of nitrogens with one attached hydrogen (secondary N) is 1. The lowest BCUT2D eigenvalue weighted by Crippen LogP contribution is -2.45. The molecule has 5 nitrogen and oxygen atoms in total. The second-order valence-corrected chi connectivity index (χ2v) is 11.4. The number of fused-ring (bicyclic) bond motifs is 1. The van der Waals surface area contributed by atoms with Crippen LogP contribution in [0.25, 0.3) is 10.9 Å². The maximum absolute atomic E-state index is 13.9. The molecule has 0 radical (unpaired) electrons. The number of aromatic amines is 1. The third-order valence-electron chi connectivity index (χ3n) is 7.73. The Labute approximate surface area is 231 Å². The van der Waals surface area contributed by atoms with Gasteiger partial charge in [0.05, 0.1) is 6.54 Å². The van der Waals surface area contributed by atoms with Gasteiger partial charge in [-0.2, -0.15) is 0 Å². The van der Waals surface area contributed by atoms with Crippen molar-refractivity contribution in [3.05, 3.63) is 107 Å². The Hall–Kier alpha value is -3.86. The van der Waals surface area contributed by atoms with E-state index in [0.717, 1.165) is 23.9 Å². The zero-order valence-electron chi connectivity index (χ0n) is 23.3. The molecule has 5 rings (SSSR count). The summed E-state index contributed by atoms with van der Waals surface area (Å²) in [6.45, 7) is 8.11. The minimum absolute atomic E-state index is 0.00123. The van der Waals surface area contributed by atoms with Crippen LogP contribution in [0.1, 0.15) is 48.4 Å². The first-order valence-corrected chi connectivity index (χ1v) is 14.1. The number of H-pyrrole nitrogens is 1. The van der Waals surface area contributed by atoms with Crippen molar-refractivity contribution in [2.75, 3.05) is 19.6 Å². The van der Waals surface area contributed by atoms with Gasteiger partial charge in [-0.25, -0.2) is 0 Å². The van der Waals surface area contributed by atoms with Crippen molar-refractivity contribution < 1.29 is 9.59 Å². The predicted molar refractivity (Wildman–Crippen MR) is 157 cm³/mol. The number of aromatic nitrogens is 1. The van der Waals surface area contributed by atoms with E-state index < -0.39 is 0 Å². The highest BCUT2D eigenvalue weighted by molar-refractivity contribution is 5.88. The Bertz CT molecular complexity index is 1410. The van der Waals surface area contributed by atoms with Gasteiger partial charge in [0.15, 0.2) is 0 Å². The lowest BCUT2D eigenvalue weighted by molar-refractivity contribution is -0.142. The number of amides is 2. The highest BCUT2D eigenvalue weighted by Crippen LogP contribution is 2.48. The van der Waals surface area contributed by atoms with Crippen molar-refractivity contribution in [2.45, 2.75) is 46.1 Å². The van der Waals surface area contributed by atoms with Crippen LogP contribution in [0, 0.1) is 18.8 Å². The number of benzene rings is 3. The lowest BCUT2D eigenvalue weighted by Gasteiger charge is -2.29. The van der Waals surface area contributed by atoms with Crippen molar-refractivity contribution in [3.63, 3.8) is 0 Å². The van der Waals surface area contributed by atoms with Gasteiger partial charge in [-0.15, -0.1) is 0 Å². The van der Waals surface area contributed by atoms with Crippen molar-refractivity contribution in [2.24, 2.45) is 11.8 Å². The molecule has 1 saturated carbocycles. The first kappa shape index (κ1) is 26.7. The zero-order valence-corrected chi connectivity index (χ0v) is 23.3. The smallest absolute Gasteiger partial charge is 0.242 e. The average Bonchev–Trinajstić information content (AvgIpc) is 3.64. The first-order chi connectivity index (χ1) is 18.9. The van der Waals surface area contributed by atoms with Crippen molar-refractivity contribution in [1.82, 2.24) is 14.8 Å². The van der Waals surface area contributed by atoms with E-state index in [9.17, 15) is 9.59 Å². The SMILES string of the molecule is Cc1ccc(CN(CCc2c[nH]c3ccccc23)C(=O)CN(CC(C)C)C(=O)C2CC2c2ccccc2)cc1. The molecule has 0 spiro atoms. The largest absolute Gasteiger partial charge is 0.361 e. The monoisotopic (exact) mass is 521 g/mol. The van der Waals surface area contributed by atoms with Crippen molar-refractivity contribution >= 4 is 22.7 Å². The summed E-state index contributed by atoms with van der Waals surface area (Å²) in [4.78, 5) is 34.6. The predicted octanol–water partition coefficient (Wildman–Crippen LogP) is 6.34. The fraction of sp³-hybridized carbons (Fsp3) is 0.353. The molecular weight excluding hydrogens is 482 g/mol. The van der Waals surface area contributed by atoms with E-state index in [-0.39, 0.29) is 36.1 Å². The average molecular weight is 522 g/mol. The molecule has 0 bridgehead atoms. The van der Waals surface area contributed by atoms with Crippen LogP contribution in [0.3, 0.4) is 0 Å². The maximum atomic E-state index is 13.9. The van der Waals surface area contributed by atoms with Gasteiger partial charge in [0.1, 0.15) is 0 Å². The van der Waals surface area contributed by atoms with Crippen LogP contribution in [0.15, 0.2) is 85.1 Å². The highest BCUT2D eigenvalue weighted by atomic mass is 16.2. The summed E-state index contributed by atoms with van der Waals surface area (Å²) in [7, 11) is 0. The molecule has 1 N–H and O–H groups in total. The number of aryl methyl sites for hydroxylation is 1. The number of hydrogen-bond donors (Lipinski definition) is 1. The van der Waals surface area contributed by atoms with Gasteiger partial charge in [0.25, 0.3) is 0 Å². The van der Waals surface area contributed by atoms with Crippen LogP contribution in [0.2, 0.25) is 0 Å². The lowest BCUT2D eigenvalue weighted by atomic mass is 10.1. The standard InChI is InChI=1S/C34H39N3O2/c1-24(2)21-37(34(39)31-19-30(31)27-9-5-4-6-10-27)23-33(38)36(22-26-15-13-25(3)14-16-26)18-17-28-20-35-32-12-8-7-11-29(28)32/h4-16,20,24,30-31,35H,17-19,21-23H2,1-3H3. The number of carbonyl (C=O) groups excluding carboxylic acids is 2. The number of hydrogen-bond acceptors (Lipinski definition) is 2. The van der Waals surface area contributed by atoms with Crippen LogP contribution in [0.5, 0.6) is 0 Å². The van der Waals surface area contributed by atoms with E-state index in [4.69, 9.17) is 0 Å². The van der Waals surface area contributed by atoms with E-state index in [2.05, 4.69) is 74.3 Å². The highest BCUT2D eigenvalue weighted by Gasteiger charge is 2.46. The van der Waals surface area contributed by atoms with E-state index in [1.807, 2.05) is 46.3 Å². The molecule has 1 heterocycles. The van der Waals surface area contributed by atoms with Crippen molar-refractivity contribution in [3.8, 4) is 0 Å². The molecule has 1 aliphatic rings. The number of rotatable bonds is 11. The molecule has 4 aromatic rings. The fourth-order valence-electron chi connectivity index (χ4n) is 5.51. The van der Waals surface area contributed by atoms with Gasteiger partial charge in [-0.3, -0.25) is 9.59 Å². The van der Waals surface area contributed by atoms with Gasteiger partial charge >= 0.3 is 0 Å². The van der Waals surface area contributed by atoms with Crippen LogP contribution >= 0.6 is 0 Å². The third-order valence-corrected chi connectivity index (χ3v) is 7.73. The molecule has 0 aliphatic heterocycles. The molecule has 2 unspecified atom stereocenters. The number of carbonyl (C=O) groups is 2. The second-order valence-electron chi connectivity index (χ2n) is 11.4. The summed E-state index contributed by atoms with van der Waals surface area (Å²) in [6, 6.07) is 26.9. The third kappa shape index (κ3) is 6.59. The number of nitrogens with zero attached hydrogens (tertiary/aromatic N) is 2. The van der Waals surface area contributed by atoms with Crippen LogP contribution < -0.4 is 0 Å². The van der Waals surface area contributed by atoms with Gasteiger partial charge in [0, 0.05) is 42.7 Å². The molecule has 3 aromatic carbocycles. The molecule has 39 heavy (non-hydrogen) atoms. The molecular formula is C34H39N3O2. The van der Waals surface area contributed by atoms with E-state index in [0.29, 0.717) is 19.6 Å². The molecule has 2 amide bonds. The van der Waals surface area contributed by atoms with Gasteiger partial charge in [-0.05, 0) is 54.4 Å². The molecule has 1 aromatic heterocycles. The summed E-state index contributed by atoms with van der Waals surface area (Å²) >= 11 is 0. The van der Waals surface area contributed by atoms with E-state index in [1.165, 1.54) is 22.1 Å². The maximum Gasteiger partial charge on any atom is 0.242 e. The minimum Gasteiger partial charge on any atom is -0.361 e. The Morgan fingerprint density at radius 3 is 2.38 bits per heavy atom. The Kier molecular flexibility index (Phi) is 8.16. The molecule has 202 valence electrons. The van der Waals surface area contributed by atoms with Crippen LogP contribution in [-0.4, -0.2) is 46.2 Å². The van der Waals surface area contributed by atoms with E-state index in [1.54, 1.807) is 0 Å². The fourth-order valence-corrected chi connectivity index (χ4v) is 5.51. The Balaban J connectivity index is 1.32. The summed E-state index contributed by atoms with van der Waals surface area (Å²) in [5.41, 5.74) is 5.81. The topological polar surface area (TPSA) is 56.4 Å². The number of para-hydroxylation sites is 1. The van der Waals surface area contributed by atoms with E-state index >= 15 is 0 Å². The van der Waals surface area contributed by atoms with Crippen LogP contribution in [0.4, 0.5) is 0 Å². The normalized spacial score (nSPS) is 16.4. The summed E-state index contributed by atoms with van der Waals surface area (Å²) in [5.74, 6) is 0.622. The quantitative estimate of drug-likeness (QED) is 0.251. The van der Waals surface area contributed by atoms with Crippen LogP contribution in [-0.2, 0) is 22.6 Å². The van der Waals surface area contributed by atoms with Gasteiger partial charge in [-0.1, -0.05) is 92.2 Å². The minimum atomic E-state index is -0.0317. The first-order valence-electron chi connectivity index (χ1n) is 14.1. The van der Waals surface area contributed by atoms with Crippen molar-refractivity contribution in [1.29, 1.82) is 0 Å². The molecule has 5 heteroatoms. The second kappa shape index (κ2) is 11.9. The summed E-state index contributed by atoms with van der Waals surface area (Å²) in [5, 5.41) is 1.19. The molecule has 0 saturated heterocycles. The molecule has 1 aliphatic carbocycles. The molecule has 2 atom stereocenters. The summed E-state index contributed by atoms with van der Waals surface area (Å²) in [6.07, 6.45) is 3.66. The Morgan fingerprint density at radius 2 is 1.64 bits per heavy atom.